The minimum Gasteiger partial charge on any atom is -0.207 e. The maximum Gasteiger partial charge on any atom is 0.126 e. The van der Waals surface area contributed by atoms with E-state index in [9.17, 15) is 8.78 Å². The second kappa shape index (κ2) is 3.31. The van der Waals surface area contributed by atoms with Crippen LogP contribution < -0.4 is 0 Å². The lowest BCUT2D eigenvalue weighted by Crippen LogP contribution is -1.92. The highest BCUT2D eigenvalue weighted by Crippen LogP contribution is 2.16. The van der Waals surface area contributed by atoms with E-state index in [0.29, 0.717) is 5.56 Å². The highest BCUT2D eigenvalue weighted by Gasteiger charge is 2.06. The van der Waals surface area contributed by atoms with Crippen LogP contribution in [-0.2, 0) is 0 Å². The Balaban J connectivity index is 3.10. The first-order valence-corrected chi connectivity index (χ1v) is 3.49. The molecule has 12 heavy (non-hydrogen) atoms. The molecule has 0 aliphatic heterocycles. The topological polar surface area (TPSA) is 23.8 Å². The summed E-state index contributed by atoms with van der Waals surface area (Å²) in [6.07, 6.45) is 0. The molecule has 0 radical (unpaired) electrons. The third-order valence-electron chi connectivity index (χ3n) is 1.58. The predicted molar refractivity (Wildman–Crippen MR) is 40.4 cm³/mol. The van der Waals surface area contributed by atoms with Crippen LogP contribution in [-0.4, -0.2) is 0 Å². The fraction of sp³-hybridized carbons (Fsp3) is 0.222. The highest BCUT2D eigenvalue weighted by atomic mass is 19.1. The number of benzene rings is 1. The van der Waals surface area contributed by atoms with E-state index in [1.807, 2.05) is 6.07 Å². The monoisotopic (exact) mass is 167 g/mol. The van der Waals surface area contributed by atoms with Crippen molar-refractivity contribution in [3.05, 3.63) is 35.4 Å². The SMILES string of the molecule is CC(C#N)c1cc(F)cc(F)c1. The molecule has 0 aliphatic rings. The van der Waals surface area contributed by atoms with Gasteiger partial charge in [-0.2, -0.15) is 5.26 Å². The predicted octanol–water partition coefficient (Wildman–Crippen LogP) is 2.59. The Morgan fingerprint density at radius 1 is 1.25 bits per heavy atom. The number of nitriles is 1. The van der Waals surface area contributed by atoms with Gasteiger partial charge in [-0.05, 0) is 24.6 Å². The van der Waals surface area contributed by atoms with Gasteiger partial charge < -0.3 is 0 Å². The van der Waals surface area contributed by atoms with Crippen molar-refractivity contribution in [3.63, 3.8) is 0 Å². The van der Waals surface area contributed by atoms with Crippen molar-refractivity contribution < 1.29 is 8.78 Å². The summed E-state index contributed by atoms with van der Waals surface area (Å²) < 4.78 is 25.2. The molecule has 1 aromatic carbocycles. The van der Waals surface area contributed by atoms with Crippen molar-refractivity contribution in [3.8, 4) is 6.07 Å². The van der Waals surface area contributed by atoms with Crippen LogP contribution in [0.15, 0.2) is 18.2 Å². The Labute approximate surface area is 69.2 Å². The lowest BCUT2D eigenvalue weighted by atomic mass is 10.0. The molecule has 1 rings (SSSR count). The zero-order chi connectivity index (χ0) is 9.14. The first-order chi connectivity index (χ1) is 5.63. The molecule has 0 heterocycles. The maximum atomic E-state index is 12.6. The lowest BCUT2D eigenvalue weighted by molar-refractivity contribution is 0.579. The summed E-state index contributed by atoms with van der Waals surface area (Å²) in [4.78, 5) is 0. The van der Waals surface area contributed by atoms with E-state index >= 15 is 0 Å². The quantitative estimate of drug-likeness (QED) is 0.630. The molecule has 1 aromatic rings. The van der Waals surface area contributed by atoms with Gasteiger partial charge in [-0.1, -0.05) is 0 Å². The molecule has 3 heteroatoms. The molecule has 62 valence electrons. The van der Waals surface area contributed by atoms with Gasteiger partial charge in [0, 0.05) is 6.07 Å². The minimum absolute atomic E-state index is 0.370. The molecule has 0 spiro atoms. The molecule has 1 nitrogen and oxygen atoms in total. The molecule has 0 fully saturated rings. The summed E-state index contributed by atoms with van der Waals surface area (Å²) in [6, 6.07) is 5.01. The second-order valence-corrected chi connectivity index (χ2v) is 2.55. The molecule has 0 aliphatic carbocycles. The fourth-order valence-corrected chi connectivity index (χ4v) is 0.900. The molecular formula is C9H7F2N. The summed E-state index contributed by atoms with van der Waals surface area (Å²) in [7, 11) is 0. The minimum atomic E-state index is -0.646. The second-order valence-electron chi connectivity index (χ2n) is 2.55. The van der Waals surface area contributed by atoms with Gasteiger partial charge >= 0.3 is 0 Å². The summed E-state index contributed by atoms with van der Waals surface area (Å²) in [5, 5.41) is 8.48. The number of hydrogen-bond acceptors (Lipinski definition) is 1. The van der Waals surface area contributed by atoms with E-state index in [2.05, 4.69) is 0 Å². The van der Waals surface area contributed by atoms with E-state index in [4.69, 9.17) is 5.26 Å². The van der Waals surface area contributed by atoms with Crippen LogP contribution in [0.5, 0.6) is 0 Å². The summed E-state index contributed by atoms with van der Waals surface area (Å²) in [5.74, 6) is -1.77. The van der Waals surface area contributed by atoms with E-state index < -0.39 is 17.6 Å². The Hall–Kier alpha value is -1.43. The number of hydrogen-bond donors (Lipinski definition) is 0. The van der Waals surface area contributed by atoms with Gasteiger partial charge in [0.05, 0.1) is 12.0 Å². The zero-order valence-electron chi connectivity index (χ0n) is 6.51. The van der Waals surface area contributed by atoms with Crippen LogP contribution in [0.25, 0.3) is 0 Å². The third kappa shape index (κ3) is 1.79. The number of rotatable bonds is 1. The Kier molecular flexibility index (Phi) is 2.39. The van der Waals surface area contributed by atoms with E-state index in [1.165, 1.54) is 0 Å². The first kappa shape index (κ1) is 8.66. The van der Waals surface area contributed by atoms with Crippen molar-refractivity contribution in [1.82, 2.24) is 0 Å². The van der Waals surface area contributed by atoms with Crippen molar-refractivity contribution in [2.24, 2.45) is 0 Å². The van der Waals surface area contributed by atoms with Gasteiger partial charge in [-0.25, -0.2) is 8.78 Å². The van der Waals surface area contributed by atoms with Crippen LogP contribution >= 0.6 is 0 Å². The number of nitrogens with zero attached hydrogens (tertiary/aromatic N) is 1. The van der Waals surface area contributed by atoms with Gasteiger partial charge in [0.25, 0.3) is 0 Å². The van der Waals surface area contributed by atoms with Crippen LogP contribution in [0, 0.1) is 23.0 Å². The molecule has 1 atom stereocenters. The van der Waals surface area contributed by atoms with Crippen LogP contribution in [0.4, 0.5) is 8.78 Å². The van der Waals surface area contributed by atoms with Gasteiger partial charge in [0.1, 0.15) is 11.6 Å². The molecular weight excluding hydrogens is 160 g/mol. The maximum absolute atomic E-state index is 12.6. The van der Waals surface area contributed by atoms with Crippen LogP contribution in [0.2, 0.25) is 0 Å². The van der Waals surface area contributed by atoms with Gasteiger partial charge in [-0.15, -0.1) is 0 Å². The molecule has 0 saturated carbocycles. The zero-order valence-corrected chi connectivity index (χ0v) is 6.51. The van der Waals surface area contributed by atoms with Crippen molar-refractivity contribution in [2.75, 3.05) is 0 Å². The highest BCUT2D eigenvalue weighted by molar-refractivity contribution is 5.25. The summed E-state index contributed by atoms with van der Waals surface area (Å²) in [6.45, 7) is 1.59. The largest absolute Gasteiger partial charge is 0.207 e. The molecule has 1 unspecified atom stereocenters. The van der Waals surface area contributed by atoms with Gasteiger partial charge in [0.2, 0.25) is 0 Å². The van der Waals surface area contributed by atoms with Gasteiger partial charge in [0.15, 0.2) is 0 Å². The van der Waals surface area contributed by atoms with E-state index in [0.717, 1.165) is 18.2 Å². The molecule has 0 bridgehead atoms. The van der Waals surface area contributed by atoms with Crippen LogP contribution in [0.1, 0.15) is 18.4 Å². The standard InChI is InChI=1S/C9H7F2N/c1-6(5-12)7-2-8(10)4-9(11)3-7/h2-4,6H,1H3. The van der Waals surface area contributed by atoms with Crippen LogP contribution in [0.3, 0.4) is 0 Å². The smallest absolute Gasteiger partial charge is 0.126 e. The molecule has 0 aromatic heterocycles. The average molecular weight is 167 g/mol. The third-order valence-corrected chi connectivity index (χ3v) is 1.58. The van der Waals surface area contributed by atoms with E-state index in [1.54, 1.807) is 6.92 Å². The number of halogens is 2. The molecule has 0 N–H and O–H groups in total. The Morgan fingerprint density at radius 3 is 2.17 bits per heavy atom. The molecule has 0 amide bonds. The fourth-order valence-electron chi connectivity index (χ4n) is 0.900. The summed E-state index contributed by atoms with van der Waals surface area (Å²) in [5.41, 5.74) is 0.370. The van der Waals surface area contributed by atoms with Gasteiger partial charge in [-0.3, -0.25) is 0 Å². The van der Waals surface area contributed by atoms with E-state index in [-0.39, 0.29) is 0 Å². The van der Waals surface area contributed by atoms with Crippen molar-refractivity contribution in [2.45, 2.75) is 12.8 Å². The first-order valence-electron chi connectivity index (χ1n) is 3.49. The average Bonchev–Trinajstić information content (AvgIpc) is 2.01. The Morgan fingerprint density at radius 2 is 1.75 bits per heavy atom. The summed E-state index contributed by atoms with van der Waals surface area (Å²) >= 11 is 0. The molecule has 0 saturated heterocycles. The Bertz CT molecular complexity index is 308. The normalized spacial score (nSPS) is 12.2. The van der Waals surface area contributed by atoms with Crippen molar-refractivity contribution >= 4 is 0 Å². The lowest BCUT2D eigenvalue weighted by Gasteiger charge is -2.02. The van der Waals surface area contributed by atoms with Crippen molar-refractivity contribution in [1.29, 1.82) is 5.26 Å².